The molecule has 0 saturated carbocycles. The van der Waals surface area contributed by atoms with Crippen LogP contribution in [0.5, 0.6) is 5.75 Å². The van der Waals surface area contributed by atoms with Crippen LogP contribution in [-0.2, 0) is 4.79 Å². The van der Waals surface area contributed by atoms with Crippen LogP contribution >= 0.6 is 12.4 Å². The number of amides is 1. The molecule has 76 valence electrons. The van der Waals surface area contributed by atoms with Crippen LogP contribution in [0.15, 0.2) is 18.2 Å². The number of fused-ring (bicyclic) bond motifs is 1. The van der Waals surface area contributed by atoms with Gasteiger partial charge in [0, 0.05) is 11.3 Å². The number of nitrogens with one attached hydrogen (secondary N) is 1. The third kappa shape index (κ3) is 1.54. The number of carbonyl (C=O) groups is 1. The minimum atomic E-state index is -0.565. The molecule has 0 aliphatic carbocycles. The van der Waals surface area contributed by atoms with Crippen molar-refractivity contribution >= 4 is 24.0 Å². The van der Waals surface area contributed by atoms with Crippen molar-refractivity contribution in [2.24, 2.45) is 5.73 Å². The fourth-order valence-electron chi connectivity index (χ4n) is 1.39. The zero-order chi connectivity index (χ0) is 9.42. The highest BCUT2D eigenvalue weighted by molar-refractivity contribution is 6.02. The van der Waals surface area contributed by atoms with Crippen LogP contribution in [0.4, 0.5) is 5.69 Å². The molecule has 0 spiro atoms. The van der Waals surface area contributed by atoms with E-state index in [1.807, 2.05) is 0 Å². The highest BCUT2D eigenvalue weighted by Crippen LogP contribution is 2.31. The van der Waals surface area contributed by atoms with Gasteiger partial charge in [-0.2, -0.15) is 0 Å². The van der Waals surface area contributed by atoms with Crippen LogP contribution in [0.1, 0.15) is 11.6 Å². The molecule has 0 fully saturated rings. The van der Waals surface area contributed by atoms with E-state index in [1.165, 1.54) is 0 Å². The molecule has 1 aliphatic rings. The highest BCUT2D eigenvalue weighted by atomic mass is 35.5. The summed E-state index contributed by atoms with van der Waals surface area (Å²) >= 11 is 0. The number of hydrogen-bond acceptors (Lipinski definition) is 3. The van der Waals surface area contributed by atoms with E-state index in [0.29, 0.717) is 5.75 Å². The second-order valence-corrected chi connectivity index (χ2v) is 2.92. The van der Waals surface area contributed by atoms with Crippen LogP contribution in [0.25, 0.3) is 0 Å². The van der Waals surface area contributed by atoms with Crippen LogP contribution < -0.4 is 15.8 Å². The Morgan fingerprint density at radius 2 is 2.21 bits per heavy atom. The molecule has 1 aromatic carbocycles. The number of anilines is 1. The maximum Gasteiger partial charge on any atom is 0.245 e. The summed E-state index contributed by atoms with van der Waals surface area (Å²) in [4.78, 5) is 11.2. The van der Waals surface area contributed by atoms with E-state index in [2.05, 4.69) is 5.32 Å². The molecule has 0 saturated heterocycles. The zero-order valence-corrected chi connectivity index (χ0v) is 8.43. The maximum absolute atomic E-state index is 11.2. The van der Waals surface area contributed by atoms with Crippen molar-refractivity contribution in [3.8, 4) is 5.75 Å². The van der Waals surface area contributed by atoms with Gasteiger partial charge in [0.15, 0.2) is 0 Å². The number of halogens is 1. The molecule has 0 bridgehead atoms. The van der Waals surface area contributed by atoms with E-state index in [9.17, 15) is 4.79 Å². The van der Waals surface area contributed by atoms with Gasteiger partial charge in [0.25, 0.3) is 0 Å². The second-order valence-electron chi connectivity index (χ2n) is 2.92. The summed E-state index contributed by atoms with van der Waals surface area (Å²) in [5.74, 6) is 0.550. The predicted octanol–water partition coefficient (Wildman–Crippen LogP) is 1.07. The Balaban J connectivity index is 0.000000980. The summed E-state index contributed by atoms with van der Waals surface area (Å²) < 4.78 is 5.03. The summed E-state index contributed by atoms with van der Waals surface area (Å²) in [6.07, 6.45) is 0. The molecule has 0 radical (unpaired) electrons. The largest absolute Gasteiger partial charge is 0.497 e. The van der Waals surface area contributed by atoms with E-state index >= 15 is 0 Å². The van der Waals surface area contributed by atoms with E-state index in [0.717, 1.165) is 11.3 Å². The lowest BCUT2D eigenvalue weighted by atomic mass is 10.1. The number of rotatable bonds is 1. The number of benzene rings is 1. The van der Waals surface area contributed by atoms with E-state index in [-0.39, 0.29) is 18.3 Å². The van der Waals surface area contributed by atoms with Crippen LogP contribution in [0.2, 0.25) is 0 Å². The van der Waals surface area contributed by atoms with Crippen LogP contribution in [-0.4, -0.2) is 13.0 Å². The average molecular weight is 215 g/mol. The van der Waals surface area contributed by atoms with Gasteiger partial charge >= 0.3 is 0 Å². The van der Waals surface area contributed by atoms with Gasteiger partial charge in [0.05, 0.1) is 7.11 Å². The maximum atomic E-state index is 11.2. The first-order valence-corrected chi connectivity index (χ1v) is 3.97. The predicted molar refractivity (Wildman–Crippen MR) is 55.8 cm³/mol. The lowest BCUT2D eigenvalue weighted by Gasteiger charge is -2.03. The first-order chi connectivity index (χ1) is 6.22. The van der Waals surface area contributed by atoms with Gasteiger partial charge in [-0.15, -0.1) is 12.4 Å². The molecule has 1 heterocycles. The lowest BCUT2D eigenvalue weighted by Crippen LogP contribution is -2.19. The first-order valence-electron chi connectivity index (χ1n) is 3.97. The van der Waals surface area contributed by atoms with Crippen LogP contribution in [0.3, 0.4) is 0 Å². The van der Waals surface area contributed by atoms with Gasteiger partial charge in [0.1, 0.15) is 11.8 Å². The Hall–Kier alpha value is -1.26. The normalized spacial score (nSPS) is 18.1. The first kappa shape index (κ1) is 10.8. The molecule has 1 aliphatic heterocycles. The Morgan fingerprint density at radius 3 is 2.86 bits per heavy atom. The minimum absolute atomic E-state index is 0. The van der Waals surface area contributed by atoms with Gasteiger partial charge < -0.3 is 15.8 Å². The van der Waals surface area contributed by atoms with Gasteiger partial charge in [-0.1, -0.05) is 0 Å². The standard InChI is InChI=1S/C9H10N2O2.ClH/c1-13-5-2-3-7-6(4-5)8(10)9(12)11-7;/h2-4,8H,10H2,1H3,(H,11,12);1H. The molecule has 5 heteroatoms. The van der Waals surface area contributed by atoms with Gasteiger partial charge in [-0.3, -0.25) is 4.79 Å². The monoisotopic (exact) mass is 214 g/mol. The molecule has 2 rings (SSSR count). The quantitative estimate of drug-likeness (QED) is 0.735. The SMILES string of the molecule is COc1ccc2c(c1)C(N)C(=O)N2.Cl. The molecule has 3 N–H and O–H groups in total. The zero-order valence-electron chi connectivity index (χ0n) is 7.61. The average Bonchev–Trinajstić information content (AvgIpc) is 2.43. The molecule has 14 heavy (non-hydrogen) atoms. The van der Waals surface area contributed by atoms with Crippen molar-refractivity contribution < 1.29 is 9.53 Å². The fraction of sp³-hybridized carbons (Fsp3) is 0.222. The third-order valence-corrected chi connectivity index (χ3v) is 2.13. The van der Waals surface area contributed by atoms with E-state index in [1.54, 1.807) is 25.3 Å². The summed E-state index contributed by atoms with van der Waals surface area (Å²) in [5, 5.41) is 2.68. The Bertz CT molecular complexity index is 368. The summed E-state index contributed by atoms with van der Waals surface area (Å²) in [5.41, 5.74) is 7.22. The van der Waals surface area contributed by atoms with E-state index in [4.69, 9.17) is 10.5 Å². The fourth-order valence-corrected chi connectivity index (χ4v) is 1.39. The molecule has 1 amide bonds. The number of ether oxygens (including phenoxy) is 1. The van der Waals surface area contributed by atoms with Gasteiger partial charge in [-0.25, -0.2) is 0 Å². The summed E-state index contributed by atoms with van der Waals surface area (Å²) in [6, 6.07) is 4.79. The number of nitrogens with two attached hydrogens (primary N) is 1. The minimum Gasteiger partial charge on any atom is -0.497 e. The molecular weight excluding hydrogens is 204 g/mol. The van der Waals surface area contributed by atoms with Crippen molar-refractivity contribution in [2.45, 2.75) is 6.04 Å². The smallest absolute Gasteiger partial charge is 0.245 e. The Morgan fingerprint density at radius 1 is 1.50 bits per heavy atom. The Labute approximate surface area is 87.8 Å². The second kappa shape index (κ2) is 3.86. The molecule has 4 nitrogen and oxygen atoms in total. The van der Waals surface area contributed by atoms with Crippen molar-refractivity contribution in [1.29, 1.82) is 0 Å². The Kier molecular flexibility index (Phi) is 2.98. The summed E-state index contributed by atoms with van der Waals surface area (Å²) in [7, 11) is 1.58. The van der Waals surface area contributed by atoms with Crippen molar-refractivity contribution in [1.82, 2.24) is 0 Å². The van der Waals surface area contributed by atoms with Crippen molar-refractivity contribution in [3.05, 3.63) is 23.8 Å². The molecular formula is C9H11ClN2O2. The molecule has 1 aromatic rings. The molecule has 1 atom stereocenters. The molecule has 1 unspecified atom stereocenters. The highest BCUT2D eigenvalue weighted by Gasteiger charge is 2.27. The van der Waals surface area contributed by atoms with Crippen molar-refractivity contribution in [2.75, 3.05) is 12.4 Å². The van der Waals surface area contributed by atoms with Crippen LogP contribution in [0, 0.1) is 0 Å². The molecule has 0 aromatic heterocycles. The topological polar surface area (TPSA) is 64.3 Å². The van der Waals surface area contributed by atoms with Gasteiger partial charge in [-0.05, 0) is 18.2 Å². The number of carbonyl (C=O) groups excluding carboxylic acids is 1. The number of methoxy groups -OCH3 is 1. The van der Waals surface area contributed by atoms with Gasteiger partial charge in [0.2, 0.25) is 5.91 Å². The number of hydrogen-bond donors (Lipinski definition) is 2. The van der Waals surface area contributed by atoms with E-state index < -0.39 is 6.04 Å². The summed E-state index contributed by atoms with van der Waals surface area (Å²) in [6.45, 7) is 0. The third-order valence-electron chi connectivity index (χ3n) is 2.13. The lowest BCUT2D eigenvalue weighted by molar-refractivity contribution is -0.116. The van der Waals surface area contributed by atoms with Crippen molar-refractivity contribution in [3.63, 3.8) is 0 Å².